The molecule has 1 rings (SSSR count). The van der Waals surface area contributed by atoms with E-state index in [1.807, 2.05) is 13.0 Å². The van der Waals surface area contributed by atoms with Gasteiger partial charge in [0.05, 0.1) is 0 Å². The molecule has 4 heteroatoms. The van der Waals surface area contributed by atoms with Gasteiger partial charge in [-0.1, -0.05) is 37.3 Å². The van der Waals surface area contributed by atoms with E-state index in [9.17, 15) is 9.59 Å². The molecule has 0 aliphatic heterocycles. The molecule has 0 aliphatic rings. The van der Waals surface area contributed by atoms with Gasteiger partial charge in [-0.15, -0.1) is 0 Å². The second-order valence-electron chi connectivity index (χ2n) is 3.43. The summed E-state index contributed by atoms with van der Waals surface area (Å²) in [6, 6.07) is 8.75. The van der Waals surface area contributed by atoms with Crippen LogP contribution >= 0.6 is 0 Å². The first-order valence-electron chi connectivity index (χ1n) is 5.19. The monoisotopic (exact) mass is 221 g/mol. The molecular weight excluding hydrogens is 206 g/mol. The molecule has 1 unspecified atom stereocenters. The van der Waals surface area contributed by atoms with Gasteiger partial charge in [0.25, 0.3) is 5.91 Å². The number of rotatable bonds is 5. The second kappa shape index (κ2) is 5.90. The van der Waals surface area contributed by atoms with Crippen LogP contribution in [-0.4, -0.2) is 11.9 Å². The Hall–Kier alpha value is -1.84. The molecule has 0 spiro atoms. The molecule has 1 atom stereocenters. The van der Waals surface area contributed by atoms with E-state index in [1.165, 1.54) is 0 Å². The number of hydrogen-bond donors (Lipinski definition) is 1. The van der Waals surface area contributed by atoms with Gasteiger partial charge in [-0.05, 0) is 6.42 Å². The summed E-state index contributed by atoms with van der Waals surface area (Å²) in [5.41, 5.74) is 5.79. The molecule has 0 heterocycles. The maximum absolute atomic E-state index is 11.3. The van der Waals surface area contributed by atoms with Gasteiger partial charge in [0, 0.05) is 12.0 Å². The fraction of sp³-hybridized carbons (Fsp3) is 0.333. The lowest BCUT2D eigenvalue weighted by atomic mass is 10.1. The lowest BCUT2D eigenvalue weighted by Gasteiger charge is -2.14. The number of carbonyl (C=O) groups excluding carboxylic acids is 2. The molecule has 1 amide bonds. The van der Waals surface area contributed by atoms with Crippen LogP contribution in [0.3, 0.4) is 0 Å². The van der Waals surface area contributed by atoms with Gasteiger partial charge in [0.2, 0.25) is 6.10 Å². The van der Waals surface area contributed by atoms with Crippen molar-refractivity contribution in [2.75, 3.05) is 0 Å². The quantitative estimate of drug-likeness (QED) is 0.767. The van der Waals surface area contributed by atoms with E-state index in [-0.39, 0.29) is 6.42 Å². The van der Waals surface area contributed by atoms with Crippen molar-refractivity contribution in [1.82, 2.24) is 0 Å². The maximum Gasteiger partial charge on any atom is 0.306 e. The van der Waals surface area contributed by atoms with Crippen LogP contribution in [0.5, 0.6) is 0 Å². The lowest BCUT2D eigenvalue weighted by Crippen LogP contribution is -2.26. The van der Waals surface area contributed by atoms with Gasteiger partial charge in [0.15, 0.2) is 0 Å². The van der Waals surface area contributed by atoms with Crippen LogP contribution in [0.4, 0.5) is 0 Å². The molecule has 0 aliphatic carbocycles. The number of hydrogen-bond acceptors (Lipinski definition) is 3. The fourth-order valence-electron chi connectivity index (χ4n) is 1.31. The lowest BCUT2D eigenvalue weighted by molar-refractivity contribution is -0.155. The van der Waals surface area contributed by atoms with Crippen LogP contribution in [0.25, 0.3) is 0 Å². The minimum atomic E-state index is -0.986. The molecule has 0 aromatic heterocycles. The van der Waals surface area contributed by atoms with Crippen LogP contribution < -0.4 is 5.73 Å². The van der Waals surface area contributed by atoms with Crippen LogP contribution in [0, 0.1) is 0 Å². The molecular formula is C12H15NO3. The van der Waals surface area contributed by atoms with Gasteiger partial charge in [0.1, 0.15) is 0 Å². The Labute approximate surface area is 94.4 Å². The second-order valence-corrected chi connectivity index (χ2v) is 3.43. The molecule has 0 bridgehead atoms. The summed E-state index contributed by atoms with van der Waals surface area (Å²) < 4.78 is 5.02. The third-order valence-electron chi connectivity index (χ3n) is 2.06. The zero-order chi connectivity index (χ0) is 12.0. The first-order chi connectivity index (χ1) is 7.65. The van der Waals surface area contributed by atoms with Crippen LogP contribution in [-0.2, 0) is 14.3 Å². The highest BCUT2D eigenvalue weighted by molar-refractivity contribution is 5.83. The molecule has 1 aromatic rings. The molecule has 0 radical (unpaired) electrons. The topological polar surface area (TPSA) is 69.4 Å². The number of benzene rings is 1. The van der Waals surface area contributed by atoms with Crippen molar-refractivity contribution in [3.8, 4) is 0 Å². The number of amides is 1. The van der Waals surface area contributed by atoms with E-state index in [0.29, 0.717) is 12.0 Å². The number of esters is 1. The van der Waals surface area contributed by atoms with Crippen molar-refractivity contribution < 1.29 is 14.3 Å². The summed E-state index contributed by atoms with van der Waals surface area (Å²) in [6.07, 6.45) is -0.0179. The van der Waals surface area contributed by atoms with Crippen LogP contribution in [0.2, 0.25) is 0 Å². The standard InChI is InChI=1S/C12H15NO3/c1-2-6-10(14)16-11(12(13)15)9-7-4-3-5-8-9/h3-5,7-8,11H,2,6H2,1H3,(H2,13,15). The maximum atomic E-state index is 11.3. The fourth-order valence-corrected chi connectivity index (χ4v) is 1.31. The molecule has 0 fully saturated rings. The summed E-state index contributed by atoms with van der Waals surface area (Å²) >= 11 is 0. The number of ether oxygens (including phenoxy) is 1. The minimum Gasteiger partial charge on any atom is -0.447 e. The first kappa shape index (κ1) is 12.2. The van der Waals surface area contributed by atoms with Crippen molar-refractivity contribution in [2.45, 2.75) is 25.9 Å². The SMILES string of the molecule is CCCC(=O)OC(C(N)=O)c1ccccc1. The number of nitrogens with two attached hydrogens (primary N) is 1. The predicted molar refractivity (Wildman–Crippen MR) is 59.4 cm³/mol. The normalized spacial score (nSPS) is 11.8. The van der Waals surface area contributed by atoms with Crippen LogP contribution in [0.1, 0.15) is 31.4 Å². The Morgan fingerprint density at radius 1 is 1.31 bits per heavy atom. The van der Waals surface area contributed by atoms with Gasteiger partial charge in [-0.3, -0.25) is 9.59 Å². The highest BCUT2D eigenvalue weighted by atomic mass is 16.5. The third-order valence-corrected chi connectivity index (χ3v) is 2.06. The highest BCUT2D eigenvalue weighted by Crippen LogP contribution is 2.17. The summed E-state index contributed by atoms with van der Waals surface area (Å²) in [6.45, 7) is 1.86. The molecule has 0 saturated carbocycles. The van der Waals surface area contributed by atoms with Crippen molar-refractivity contribution in [3.05, 3.63) is 35.9 Å². The van der Waals surface area contributed by atoms with E-state index in [0.717, 1.165) is 0 Å². The Balaban J connectivity index is 2.77. The van der Waals surface area contributed by atoms with Gasteiger partial charge >= 0.3 is 5.97 Å². The summed E-state index contributed by atoms with van der Waals surface area (Å²) in [5, 5.41) is 0. The van der Waals surface area contributed by atoms with E-state index in [1.54, 1.807) is 24.3 Å². The average molecular weight is 221 g/mol. The minimum absolute atomic E-state index is 0.288. The molecule has 16 heavy (non-hydrogen) atoms. The smallest absolute Gasteiger partial charge is 0.306 e. The summed E-state index contributed by atoms with van der Waals surface area (Å²) in [5.74, 6) is -1.06. The van der Waals surface area contributed by atoms with Gasteiger partial charge in [-0.25, -0.2) is 0 Å². The summed E-state index contributed by atoms with van der Waals surface area (Å²) in [7, 11) is 0. The third kappa shape index (κ3) is 3.38. The Morgan fingerprint density at radius 2 is 1.94 bits per heavy atom. The zero-order valence-corrected chi connectivity index (χ0v) is 9.18. The Morgan fingerprint density at radius 3 is 2.44 bits per heavy atom. The van der Waals surface area contributed by atoms with Gasteiger partial charge < -0.3 is 10.5 Å². The van der Waals surface area contributed by atoms with Crippen molar-refractivity contribution in [1.29, 1.82) is 0 Å². The predicted octanol–water partition coefficient (Wildman–Crippen LogP) is 1.56. The average Bonchev–Trinajstić information content (AvgIpc) is 2.27. The summed E-state index contributed by atoms with van der Waals surface area (Å²) in [4.78, 5) is 22.5. The molecule has 1 aromatic carbocycles. The molecule has 86 valence electrons. The first-order valence-corrected chi connectivity index (χ1v) is 5.19. The number of primary amides is 1. The van der Waals surface area contributed by atoms with Gasteiger partial charge in [-0.2, -0.15) is 0 Å². The van der Waals surface area contributed by atoms with Crippen molar-refractivity contribution in [2.24, 2.45) is 5.73 Å². The van der Waals surface area contributed by atoms with E-state index in [2.05, 4.69) is 0 Å². The highest BCUT2D eigenvalue weighted by Gasteiger charge is 2.21. The van der Waals surface area contributed by atoms with Crippen molar-refractivity contribution >= 4 is 11.9 Å². The van der Waals surface area contributed by atoms with Crippen molar-refractivity contribution in [3.63, 3.8) is 0 Å². The number of carbonyl (C=O) groups is 2. The molecule has 2 N–H and O–H groups in total. The zero-order valence-electron chi connectivity index (χ0n) is 9.18. The Kier molecular flexibility index (Phi) is 4.51. The van der Waals surface area contributed by atoms with E-state index in [4.69, 9.17) is 10.5 Å². The largest absolute Gasteiger partial charge is 0.447 e. The van der Waals surface area contributed by atoms with Crippen LogP contribution in [0.15, 0.2) is 30.3 Å². The van der Waals surface area contributed by atoms with E-state index < -0.39 is 18.0 Å². The Bertz CT molecular complexity index is 362. The van der Waals surface area contributed by atoms with E-state index >= 15 is 0 Å². The molecule has 0 saturated heterocycles. The molecule has 4 nitrogen and oxygen atoms in total.